The Labute approximate surface area is 173 Å². The molecule has 1 aromatic rings. The highest BCUT2D eigenvalue weighted by Gasteiger charge is 2.39. The highest BCUT2D eigenvalue weighted by atomic mass is 32.2. The van der Waals surface area contributed by atoms with Crippen molar-refractivity contribution in [1.82, 2.24) is 9.80 Å². The standard InChI is InChI=1S/C21H31N3O4S/c1-2-29(26,27)9-3-8-23-11-18-13-24(14-19(18)12-23)15-20(25)16-28-21-6-4-17(10-22)5-7-21/h4-7,18-20,25H,2-3,8-9,11-16H2,1H3/t18?,19?,20-/m0/s1. The monoisotopic (exact) mass is 421 g/mol. The SMILES string of the molecule is CCS(=O)(=O)CCCN1CC2CN(C[C@H](O)COc3ccc(C#N)cc3)CC2C1. The number of nitrogens with zero attached hydrogens (tertiary/aromatic N) is 3. The summed E-state index contributed by atoms with van der Waals surface area (Å²) in [5.74, 6) is 2.37. The highest BCUT2D eigenvalue weighted by molar-refractivity contribution is 7.91. The summed E-state index contributed by atoms with van der Waals surface area (Å²) in [6, 6.07) is 8.95. The maximum absolute atomic E-state index is 11.6. The molecule has 0 radical (unpaired) electrons. The van der Waals surface area contributed by atoms with E-state index in [0.717, 1.165) is 32.7 Å². The summed E-state index contributed by atoms with van der Waals surface area (Å²) in [7, 11) is -2.87. The first-order valence-corrected chi connectivity index (χ1v) is 12.2. The van der Waals surface area contributed by atoms with Crippen LogP contribution in [0.3, 0.4) is 0 Å². The van der Waals surface area contributed by atoms with Crippen molar-refractivity contribution in [3.05, 3.63) is 29.8 Å². The predicted octanol–water partition coefficient (Wildman–Crippen LogP) is 0.986. The molecule has 1 N–H and O–H groups in total. The Morgan fingerprint density at radius 3 is 2.38 bits per heavy atom. The third-order valence-electron chi connectivity index (χ3n) is 5.90. The molecule has 0 amide bonds. The van der Waals surface area contributed by atoms with E-state index in [0.29, 0.717) is 36.1 Å². The summed E-state index contributed by atoms with van der Waals surface area (Å²) in [5, 5.41) is 19.1. The molecule has 0 aliphatic carbocycles. The van der Waals surface area contributed by atoms with Gasteiger partial charge in [0.25, 0.3) is 0 Å². The molecule has 29 heavy (non-hydrogen) atoms. The summed E-state index contributed by atoms with van der Waals surface area (Å²) in [6.07, 6.45) is 0.157. The van der Waals surface area contributed by atoms with Gasteiger partial charge >= 0.3 is 0 Å². The average molecular weight is 422 g/mol. The van der Waals surface area contributed by atoms with Gasteiger partial charge in [-0.15, -0.1) is 0 Å². The summed E-state index contributed by atoms with van der Waals surface area (Å²) in [6.45, 7) is 7.37. The molecule has 1 aromatic carbocycles. The maximum Gasteiger partial charge on any atom is 0.150 e. The van der Waals surface area contributed by atoms with Crippen LogP contribution in [0.25, 0.3) is 0 Å². The molecule has 2 fully saturated rings. The summed E-state index contributed by atoms with van der Waals surface area (Å²) < 4.78 is 28.9. The van der Waals surface area contributed by atoms with Crippen LogP contribution in [0.2, 0.25) is 0 Å². The number of likely N-dealkylation sites (tertiary alicyclic amines) is 2. The Bertz CT molecular complexity index is 792. The number of rotatable bonds is 10. The van der Waals surface area contributed by atoms with E-state index in [2.05, 4.69) is 15.9 Å². The van der Waals surface area contributed by atoms with Gasteiger partial charge < -0.3 is 14.7 Å². The predicted molar refractivity (Wildman–Crippen MR) is 111 cm³/mol. The maximum atomic E-state index is 11.6. The lowest BCUT2D eigenvalue weighted by molar-refractivity contribution is 0.0721. The van der Waals surface area contributed by atoms with Crippen molar-refractivity contribution in [1.29, 1.82) is 5.26 Å². The first kappa shape index (κ1) is 22.0. The van der Waals surface area contributed by atoms with E-state index in [1.807, 2.05) is 0 Å². The first-order valence-electron chi connectivity index (χ1n) is 10.3. The number of hydrogen-bond donors (Lipinski definition) is 1. The van der Waals surface area contributed by atoms with Crippen LogP contribution in [-0.2, 0) is 9.84 Å². The molecular formula is C21H31N3O4S. The Morgan fingerprint density at radius 2 is 1.79 bits per heavy atom. The topological polar surface area (TPSA) is 93.9 Å². The number of hydrogen-bond acceptors (Lipinski definition) is 7. The molecule has 2 heterocycles. The van der Waals surface area contributed by atoms with Crippen molar-refractivity contribution in [3.63, 3.8) is 0 Å². The van der Waals surface area contributed by atoms with Crippen LogP contribution in [0.1, 0.15) is 18.9 Å². The van der Waals surface area contributed by atoms with Crippen molar-refractivity contribution in [3.8, 4) is 11.8 Å². The number of nitriles is 1. The van der Waals surface area contributed by atoms with Crippen LogP contribution in [0.5, 0.6) is 5.75 Å². The van der Waals surface area contributed by atoms with Gasteiger partial charge in [0.1, 0.15) is 28.3 Å². The third-order valence-corrected chi connectivity index (χ3v) is 7.69. The minimum atomic E-state index is -2.87. The molecule has 7 nitrogen and oxygen atoms in total. The van der Waals surface area contributed by atoms with Gasteiger partial charge in [-0.1, -0.05) is 6.92 Å². The Balaban J connectivity index is 1.34. The second kappa shape index (κ2) is 9.90. The van der Waals surface area contributed by atoms with E-state index in [1.54, 1.807) is 31.2 Å². The van der Waals surface area contributed by atoms with Crippen LogP contribution in [-0.4, -0.2) is 86.8 Å². The quantitative estimate of drug-likeness (QED) is 0.602. The molecule has 3 rings (SSSR count). The molecule has 8 heteroatoms. The van der Waals surface area contributed by atoms with Gasteiger partial charge in [0.15, 0.2) is 0 Å². The second-order valence-corrected chi connectivity index (χ2v) is 10.7. The van der Waals surface area contributed by atoms with Crippen molar-refractivity contribution < 1.29 is 18.3 Å². The minimum absolute atomic E-state index is 0.227. The third kappa shape index (κ3) is 6.41. The van der Waals surface area contributed by atoms with E-state index in [-0.39, 0.29) is 18.1 Å². The fraction of sp³-hybridized carbons (Fsp3) is 0.667. The molecule has 160 valence electrons. The molecule has 0 bridgehead atoms. The largest absolute Gasteiger partial charge is 0.491 e. The van der Waals surface area contributed by atoms with Gasteiger partial charge in [0.2, 0.25) is 0 Å². The van der Waals surface area contributed by atoms with Gasteiger partial charge in [-0.25, -0.2) is 8.42 Å². The van der Waals surface area contributed by atoms with Crippen LogP contribution in [0, 0.1) is 23.2 Å². The number of aliphatic hydroxyl groups excluding tert-OH is 1. The van der Waals surface area contributed by atoms with Crippen molar-refractivity contribution >= 4 is 9.84 Å². The fourth-order valence-corrected chi connectivity index (χ4v) is 5.20. The highest BCUT2D eigenvalue weighted by Crippen LogP contribution is 2.31. The number of sulfone groups is 1. The van der Waals surface area contributed by atoms with Gasteiger partial charge in [0.05, 0.1) is 17.4 Å². The molecule has 2 saturated heterocycles. The molecule has 2 aliphatic rings. The summed E-state index contributed by atoms with van der Waals surface area (Å²) >= 11 is 0. The first-order chi connectivity index (χ1) is 13.9. The van der Waals surface area contributed by atoms with Crippen LogP contribution in [0.4, 0.5) is 0 Å². The normalized spacial score (nSPS) is 23.6. The van der Waals surface area contributed by atoms with Crippen LogP contribution >= 0.6 is 0 Å². The molecule has 0 spiro atoms. The van der Waals surface area contributed by atoms with Gasteiger partial charge in [0, 0.05) is 38.5 Å². The number of fused-ring (bicyclic) bond motifs is 1. The zero-order chi connectivity index (χ0) is 20.9. The van der Waals surface area contributed by atoms with E-state index < -0.39 is 15.9 Å². The Hall–Kier alpha value is -1.66. The summed E-state index contributed by atoms with van der Waals surface area (Å²) in [5.41, 5.74) is 0.586. The molecule has 2 aliphatic heterocycles. The van der Waals surface area contributed by atoms with E-state index in [9.17, 15) is 13.5 Å². The lowest BCUT2D eigenvalue weighted by Gasteiger charge is -2.23. The molecular weight excluding hydrogens is 390 g/mol. The lowest BCUT2D eigenvalue weighted by Crippen LogP contribution is -2.36. The van der Waals surface area contributed by atoms with Crippen molar-refractivity contribution in [2.75, 3.05) is 57.4 Å². The fourth-order valence-electron chi connectivity index (χ4n) is 4.34. The number of β-amino-alcohol motifs (C(OH)–C–C–N with tert-alkyl or cyclic N) is 1. The summed E-state index contributed by atoms with van der Waals surface area (Å²) in [4.78, 5) is 4.70. The number of aliphatic hydroxyl groups is 1. The smallest absolute Gasteiger partial charge is 0.150 e. The van der Waals surface area contributed by atoms with Crippen LogP contribution < -0.4 is 4.74 Å². The van der Waals surface area contributed by atoms with E-state index in [1.165, 1.54) is 0 Å². The molecule has 0 aromatic heterocycles. The minimum Gasteiger partial charge on any atom is -0.491 e. The second-order valence-electron chi connectivity index (χ2n) is 8.19. The van der Waals surface area contributed by atoms with Crippen molar-refractivity contribution in [2.24, 2.45) is 11.8 Å². The van der Waals surface area contributed by atoms with Gasteiger partial charge in [-0.05, 0) is 49.1 Å². The molecule has 0 saturated carbocycles. The Kier molecular flexibility index (Phi) is 7.52. The lowest BCUT2D eigenvalue weighted by atomic mass is 10.0. The van der Waals surface area contributed by atoms with Gasteiger partial charge in [-0.3, -0.25) is 4.90 Å². The number of benzene rings is 1. The molecule has 3 atom stereocenters. The van der Waals surface area contributed by atoms with E-state index >= 15 is 0 Å². The zero-order valence-corrected chi connectivity index (χ0v) is 17.9. The number of ether oxygens (including phenoxy) is 1. The van der Waals surface area contributed by atoms with E-state index in [4.69, 9.17) is 10.00 Å². The average Bonchev–Trinajstić information content (AvgIpc) is 3.24. The zero-order valence-electron chi connectivity index (χ0n) is 17.0. The Morgan fingerprint density at radius 1 is 1.17 bits per heavy atom. The molecule has 2 unspecified atom stereocenters. The van der Waals surface area contributed by atoms with Crippen molar-refractivity contribution in [2.45, 2.75) is 19.4 Å². The van der Waals surface area contributed by atoms with Crippen LogP contribution in [0.15, 0.2) is 24.3 Å². The van der Waals surface area contributed by atoms with Gasteiger partial charge in [-0.2, -0.15) is 5.26 Å².